The fraction of sp³-hybridized carbons (Fsp3) is 0.571. The summed E-state index contributed by atoms with van der Waals surface area (Å²) >= 11 is 2.87. The van der Waals surface area contributed by atoms with Gasteiger partial charge in [-0.15, -0.1) is 15.3 Å². The van der Waals surface area contributed by atoms with E-state index in [-0.39, 0.29) is 24.2 Å². The van der Waals surface area contributed by atoms with Crippen molar-refractivity contribution in [3.05, 3.63) is 10.8 Å². The van der Waals surface area contributed by atoms with E-state index in [4.69, 9.17) is 0 Å². The van der Waals surface area contributed by atoms with Gasteiger partial charge in [0.15, 0.2) is 0 Å². The minimum absolute atomic E-state index is 0.0791. The van der Waals surface area contributed by atoms with Crippen LogP contribution in [0.15, 0.2) is 5.16 Å². The Kier molecular flexibility index (Phi) is 5.63. The van der Waals surface area contributed by atoms with Crippen LogP contribution in [-0.2, 0) is 16.0 Å². The Labute approximate surface area is 153 Å². The van der Waals surface area contributed by atoms with Crippen molar-refractivity contribution in [3.8, 4) is 0 Å². The van der Waals surface area contributed by atoms with E-state index < -0.39 is 0 Å². The summed E-state index contributed by atoms with van der Waals surface area (Å²) < 4.78 is 0. The average Bonchev–Trinajstić information content (AvgIpc) is 3.31. The molecule has 2 N–H and O–H groups in total. The van der Waals surface area contributed by atoms with Crippen molar-refractivity contribution in [2.75, 3.05) is 23.7 Å². The number of hydrogen-bond acceptors (Lipinski definition) is 8. The van der Waals surface area contributed by atoms with E-state index in [1.165, 1.54) is 23.1 Å². The predicted octanol–water partition coefficient (Wildman–Crippen LogP) is 0.788. The summed E-state index contributed by atoms with van der Waals surface area (Å²) in [7, 11) is 0. The molecule has 0 saturated carbocycles. The van der Waals surface area contributed by atoms with Gasteiger partial charge < -0.3 is 5.32 Å². The van der Waals surface area contributed by atoms with Crippen molar-refractivity contribution in [2.24, 2.45) is 5.92 Å². The van der Waals surface area contributed by atoms with E-state index in [2.05, 4.69) is 30.7 Å². The van der Waals surface area contributed by atoms with E-state index in [1.807, 2.05) is 13.8 Å². The quantitative estimate of drug-likeness (QED) is 0.538. The van der Waals surface area contributed by atoms with E-state index in [0.717, 1.165) is 17.3 Å². The zero-order valence-corrected chi connectivity index (χ0v) is 15.6. The number of hydrogen-bond donors (Lipinski definition) is 2. The molecule has 1 fully saturated rings. The monoisotopic (exact) mass is 381 g/mol. The Bertz CT molecular complexity index is 760. The molecule has 0 radical (unpaired) electrons. The van der Waals surface area contributed by atoms with Crippen LogP contribution in [0.2, 0.25) is 0 Å². The first-order chi connectivity index (χ1) is 12.1. The second kappa shape index (κ2) is 7.91. The maximum absolute atomic E-state index is 12.3. The first-order valence-electron chi connectivity index (χ1n) is 7.99. The summed E-state index contributed by atoms with van der Waals surface area (Å²) in [5.74, 6) is 0.896. The number of aryl methyl sites for hydroxylation is 2. The van der Waals surface area contributed by atoms with Crippen molar-refractivity contribution in [3.63, 3.8) is 0 Å². The number of thioether (sulfide) groups is 1. The molecule has 0 aliphatic carbocycles. The second-order valence-electron chi connectivity index (χ2n) is 5.58. The van der Waals surface area contributed by atoms with E-state index in [9.17, 15) is 9.59 Å². The van der Waals surface area contributed by atoms with Gasteiger partial charge in [0, 0.05) is 25.3 Å². The smallest absolute Gasteiger partial charge is 0.229 e. The van der Waals surface area contributed by atoms with Gasteiger partial charge in [-0.2, -0.15) is 0 Å². The van der Waals surface area contributed by atoms with Gasteiger partial charge in [-0.05, 0) is 13.3 Å². The standard InChI is InChI=1S/C14H19N7O2S2/c1-3-10-18-20-14(25-10)21-7-9(6-11(21)22)12(23)15-4-5-24-13-16-8(2)17-19-13/h9H,3-7H2,1-2H3,(H,15,23)(H,16,17,19). The van der Waals surface area contributed by atoms with Crippen LogP contribution in [0.1, 0.15) is 24.2 Å². The molecule has 1 aliphatic heterocycles. The largest absolute Gasteiger partial charge is 0.355 e. The van der Waals surface area contributed by atoms with Gasteiger partial charge in [0.25, 0.3) is 0 Å². The van der Waals surface area contributed by atoms with Crippen molar-refractivity contribution < 1.29 is 9.59 Å². The number of H-pyrrole nitrogens is 1. The molecule has 1 atom stereocenters. The average molecular weight is 381 g/mol. The lowest BCUT2D eigenvalue weighted by Gasteiger charge is -2.12. The third-order valence-electron chi connectivity index (χ3n) is 3.69. The molecular formula is C14H19N7O2S2. The number of carbonyl (C=O) groups is 2. The Morgan fingerprint density at radius 3 is 3.00 bits per heavy atom. The fourth-order valence-corrected chi connectivity index (χ4v) is 3.92. The highest BCUT2D eigenvalue weighted by Crippen LogP contribution is 2.28. The normalized spacial score (nSPS) is 17.3. The van der Waals surface area contributed by atoms with Gasteiger partial charge in [-0.3, -0.25) is 19.6 Å². The molecule has 0 spiro atoms. The van der Waals surface area contributed by atoms with Gasteiger partial charge in [-0.1, -0.05) is 30.0 Å². The topological polar surface area (TPSA) is 117 Å². The minimum Gasteiger partial charge on any atom is -0.355 e. The highest BCUT2D eigenvalue weighted by Gasteiger charge is 2.36. The van der Waals surface area contributed by atoms with Crippen molar-refractivity contribution in [2.45, 2.75) is 31.8 Å². The maximum Gasteiger partial charge on any atom is 0.229 e. The lowest BCUT2D eigenvalue weighted by atomic mass is 10.1. The van der Waals surface area contributed by atoms with E-state index in [0.29, 0.717) is 29.1 Å². The molecule has 3 heterocycles. The number of anilines is 1. The lowest BCUT2D eigenvalue weighted by Crippen LogP contribution is -2.34. The van der Waals surface area contributed by atoms with Crippen LogP contribution < -0.4 is 10.2 Å². The Morgan fingerprint density at radius 2 is 2.32 bits per heavy atom. The molecule has 2 amide bonds. The summed E-state index contributed by atoms with van der Waals surface area (Å²) in [6, 6.07) is 0. The molecule has 2 aromatic heterocycles. The highest BCUT2D eigenvalue weighted by molar-refractivity contribution is 7.99. The van der Waals surface area contributed by atoms with Crippen molar-refractivity contribution in [1.82, 2.24) is 30.7 Å². The van der Waals surface area contributed by atoms with Gasteiger partial charge in [0.1, 0.15) is 10.8 Å². The first-order valence-corrected chi connectivity index (χ1v) is 9.79. The molecular weight excluding hydrogens is 362 g/mol. The Balaban J connectivity index is 1.45. The number of rotatable bonds is 7. The van der Waals surface area contributed by atoms with Crippen LogP contribution in [0, 0.1) is 12.8 Å². The molecule has 11 heteroatoms. The van der Waals surface area contributed by atoms with E-state index in [1.54, 1.807) is 4.90 Å². The summed E-state index contributed by atoms with van der Waals surface area (Å²) in [5.41, 5.74) is 0. The molecule has 1 saturated heterocycles. The third-order valence-corrected chi connectivity index (χ3v) is 5.63. The molecule has 134 valence electrons. The van der Waals surface area contributed by atoms with Crippen LogP contribution in [0.25, 0.3) is 0 Å². The summed E-state index contributed by atoms with van der Waals surface area (Å²) in [4.78, 5) is 30.2. The summed E-state index contributed by atoms with van der Waals surface area (Å²) in [6.45, 7) is 4.68. The Morgan fingerprint density at radius 1 is 1.48 bits per heavy atom. The van der Waals surface area contributed by atoms with Crippen LogP contribution in [0.3, 0.4) is 0 Å². The number of aromatic nitrogens is 5. The van der Waals surface area contributed by atoms with Gasteiger partial charge in [0.05, 0.1) is 5.92 Å². The molecule has 3 rings (SSSR count). The highest BCUT2D eigenvalue weighted by atomic mass is 32.2. The third kappa shape index (κ3) is 4.34. The zero-order chi connectivity index (χ0) is 17.8. The number of aromatic amines is 1. The molecule has 2 aromatic rings. The SMILES string of the molecule is CCc1nnc(N2CC(C(=O)NCCSc3n[nH]c(C)n3)CC2=O)s1. The molecule has 25 heavy (non-hydrogen) atoms. The fourth-order valence-electron chi connectivity index (χ4n) is 2.41. The Hall–Kier alpha value is -2.01. The maximum atomic E-state index is 12.3. The zero-order valence-electron chi connectivity index (χ0n) is 14.0. The van der Waals surface area contributed by atoms with Gasteiger partial charge >= 0.3 is 0 Å². The number of carbonyl (C=O) groups excluding carboxylic acids is 2. The van der Waals surface area contributed by atoms with Crippen molar-refractivity contribution >= 4 is 40.0 Å². The number of nitrogens with zero attached hydrogens (tertiary/aromatic N) is 5. The first kappa shape index (κ1) is 17.8. The van der Waals surface area contributed by atoms with Crippen LogP contribution in [0.5, 0.6) is 0 Å². The van der Waals surface area contributed by atoms with Gasteiger partial charge in [0.2, 0.25) is 22.1 Å². The lowest BCUT2D eigenvalue weighted by molar-refractivity contribution is -0.126. The van der Waals surface area contributed by atoms with Crippen molar-refractivity contribution in [1.29, 1.82) is 0 Å². The molecule has 1 unspecified atom stereocenters. The van der Waals surface area contributed by atoms with Crippen LogP contribution in [0.4, 0.5) is 5.13 Å². The van der Waals surface area contributed by atoms with Crippen LogP contribution in [-0.4, -0.2) is 56.0 Å². The second-order valence-corrected chi connectivity index (χ2v) is 7.68. The summed E-state index contributed by atoms with van der Waals surface area (Å²) in [6.07, 6.45) is 0.992. The predicted molar refractivity (Wildman–Crippen MR) is 94.6 cm³/mol. The molecule has 1 aliphatic rings. The minimum atomic E-state index is -0.350. The molecule has 9 nitrogen and oxygen atoms in total. The number of nitrogens with one attached hydrogen (secondary N) is 2. The molecule has 0 bridgehead atoms. The molecule has 0 aromatic carbocycles. The van der Waals surface area contributed by atoms with Gasteiger partial charge in [-0.25, -0.2) is 4.98 Å². The van der Waals surface area contributed by atoms with E-state index >= 15 is 0 Å². The summed E-state index contributed by atoms with van der Waals surface area (Å²) in [5, 5.41) is 19.9. The number of amides is 2. The van der Waals surface area contributed by atoms with Crippen LogP contribution >= 0.6 is 23.1 Å².